The molecule has 6 rings (SSSR count). The summed E-state index contributed by atoms with van der Waals surface area (Å²) in [6, 6.07) is 11.2. The van der Waals surface area contributed by atoms with Crippen molar-refractivity contribution in [1.82, 2.24) is 15.0 Å². The first kappa shape index (κ1) is 18.9. The predicted molar refractivity (Wildman–Crippen MR) is 126 cm³/mol. The average Bonchev–Trinajstić information content (AvgIpc) is 3.18. The summed E-state index contributed by atoms with van der Waals surface area (Å²) in [5.41, 5.74) is 2.21. The van der Waals surface area contributed by atoms with E-state index < -0.39 is 0 Å². The Morgan fingerprint density at radius 1 is 1.13 bits per heavy atom. The number of anilines is 2. The van der Waals surface area contributed by atoms with Gasteiger partial charge in [0.25, 0.3) is 0 Å². The van der Waals surface area contributed by atoms with Gasteiger partial charge in [0.05, 0.1) is 10.2 Å². The number of thioether (sulfide) groups is 1. The molecule has 156 valence electrons. The summed E-state index contributed by atoms with van der Waals surface area (Å²) < 4.78 is 2.51. The van der Waals surface area contributed by atoms with Gasteiger partial charge in [0, 0.05) is 43.2 Å². The van der Waals surface area contributed by atoms with Gasteiger partial charge >= 0.3 is 0 Å². The van der Waals surface area contributed by atoms with Gasteiger partial charge in [0.2, 0.25) is 5.95 Å². The molecule has 4 atom stereocenters. The molecule has 7 heteroatoms. The Kier molecular flexibility index (Phi) is 4.64. The smallest absolute Gasteiger partial charge is 0.227 e. The van der Waals surface area contributed by atoms with Crippen molar-refractivity contribution in [1.29, 1.82) is 0 Å². The minimum atomic E-state index is 0.551. The molecule has 0 bridgehead atoms. The van der Waals surface area contributed by atoms with Crippen LogP contribution in [0.2, 0.25) is 0 Å². The normalized spacial score (nSPS) is 27.8. The van der Waals surface area contributed by atoms with E-state index in [1.54, 1.807) is 0 Å². The number of hydrogen-bond acceptors (Lipinski definition) is 7. The molecule has 2 saturated heterocycles. The Bertz CT molecular complexity index is 1040. The first-order valence-corrected chi connectivity index (χ1v) is 12.8. The van der Waals surface area contributed by atoms with Crippen LogP contribution in [0.1, 0.15) is 25.5 Å². The molecule has 30 heavy (non-hydrogen) atoms. The van der Waals surface area contributed by atoms with Gasteiger partial charge < -0.3 is 9.80 Å². The monoisotopic (exact) mass is 437 g/mol. The maximum absolute atomic E-state index is 4.97. The van der Waals surface area contributed by atoms with Crippen LogP contribution in [0, 0.1) is 24.7 Å². The van der Waals surface area contributed by atoms with Crippen LogP contribution in [0.25, 0.3) is 10.2 Å². The largest absolute Gasteiger partial charge is 0.356 e. The minimum Gasteiger partial charge on any atom is -0.356 e. The van der Waals surface area contributed by atoms with Gasteiger partial charge in [0.1, 0.15) is 5.82 Å². The van der Waals surface area contributed by atoms with Crippen molar-refractivity contribution in [2.75, 3.05) is 35.2 Å². The highest BCUT2D eigenvalue weighted by molar-refractivity contribution is 8.01. The summed E-state index contributed by atoms with van der Waals surface area (Å²) in [7, 11) is 0. The first-order valence-electron chi connectivity index (χ1n) is 11.0. The highest BCUT2D eigenvalue weighted by Crippen LogP contribution is 2.54. The zero-order valence-corrected chi connectivity index (χ0v) is 19.1. The molecule has 5 nitrogen and oxygen atoms in total. The number of fused-ring (bicyclic) bond motifs is 2. The summed E-state index contributed by atoms with van der Waals surface area (Å²) in [5.74, 6) is 5.72. The predicted octanol–water partition coefficient (Wildman–Crippen LogP) is 4.86. The third-order valence-electron chi connectivity index (χ3n) is 7.01. The third-order valence-corrected chi connectivity index (χ3v) is 9.33. The number of piperidine rings is 1. The lowest BCUT2D eigenvalue weighted by Gasteiger charge is -2.25. The summed E-state index contributed by atoms with van der Waals surface area (Å²) >= 11 is 3.78. The molecule has 1 unspecified atom stereocenters. The van der Waals surface area contributed by atoms with Crippen LogP contribution >= 0.6 is 23.1 Å². The molecule has 3 aromatic rings. The first-order chi connectivity index (χ1) is 14.7. The van der Waals surface area contributed by atoms with E-state index in [9.17, 15) is 0 Å². The zero-order valence-electron chi connectivity index (χ0n) is 17.5. The fourth-order valence-corrected chi connectivity index (χ4v) is 7.62. The van der Waals surface area contributed by atoms with Crippen LogP contribution < -0.4 is 9.80 Å². The molecule has 1 aromatic carbocycles. The lowest BCUT2D eigenvalue weighted by Crippen LogP contribution is -2.30. The molecule has 0 spiro atoms. The number of para-hydroxylation sites is 1. The van der Waals surface area contributed by atoms with E-state index in [1.807, 2.05) is 23.1 Å². The van der Waals surface area contributed by atoms with Gasteiger partial charge in [0.15, 0.2) is 4.34 Å². The van der Waals surface area contributed by atoms with E-state index in [-0.39, 0.29) is 0 Å². The van der Waals surface area contributed by atoms with Crippen LogP contribution in [0.3, 0.4) is 0 Å². The van der Waals surface area contributed by atoms with E-state index in [1.165, 1.54) is 27.6 Å². The van der Waals surface area contributed by atoms with Crippen molar-refractivity contribution in [3.63, 3.8) is 0 Å². The van der Waals surface area contributed by atoms with Crippen molar-refractivity contribution < 1.29 is 0 Å². The molecule has 3 aliphatic rings. The number of thiazole rings is 1. The fraction of sp³-hybridized carbons (Fsp3) is 0.522. The standard InChI is InChI=1S/C23H27N5S2/c1-14-10-21(26-22(24-14)28-9-5-6-15(28)2)27-11-16-17(12-27)18(16)13-29-23-25-19-7-3-4-8-20(19)30-23/h3-4,7-8,10,15-18H,5-6,9,11-13H2,1-2H3/t15-,16-,17+,18?/m0/s1. The summed E-state index contributed by atoms with van der Waals surface area (Å²) in [4.78, 5) is 19.4. The van der Waals surface area contributed by atoms with Crippen LogP contribution in [0.5, 0.6) is 0 Å². The van der Waals surface area contributed by atoms with Gasteiger partial charge in [-0.25, -0.2) is 9.97 Å². The molecule has 2 aliphatic heterocycles. The second kappa shape index (κ2) is 7.38. The van der Waals surface area contributed by atoms with Gasteiger partial charge in [-0.05, 0) is 56.6 Å². The Morgan fingerprint density at radius 3 is 2.73 bits per heavy atom. The fourth-order valence-electron chi connectivity index (χ4n) is 5.22. The number of rotatable bonds is 5. The Hall–Kier alpha value is -1.86. The van der Waals surface area contributed by atoms with Crippen molar-refractivity contribution >= 4 is 45.1 Å². The Labute approximate surface area is 185 Å². The van der Waals surface area contributed by atoms with Crippen molar-refractivity contribution in [3.05, 3.63) is 36.0 Å². The number of benzene rings is 1. The highest BCUT2D eigenvalue weighted by Gasteiger charge is 2.55. The average molecular weight is 438 g/mol. The van der Waals surface area contributed by atoms with Crippen molar-refractivity contribution in [2.45, 2.75) is 37.1 Å². The molecule has 3 fully saturated rings. The molecule has 0 N–H and O–H groups in total. The zero-order chi connectivity index (χ0) is 20.2. The molecule has 1 aliphatic carbocycles. The molecular formula is C23H27N5S2. The second-order valence-corrected chi connectivity index (χ2v) is 11.3. The maximum Gasteiger partial charge on any atom is 0.227 e. The topological polar surface area (TPSA) is 45.2 Å². The summed E-state index contributed by atoms with van der Waals surface area (Å²) in [6.07, 6.45) is 2.49. The number of nitrogens with zero attached hydrogens (tertiary/aromatic N) is 5. The van der Waals surface area contributed by atoms with E-state index in [2.05, 4.69) is 54.0 Å². The van der Waals surface area contributed by atoms with Gasteiger partial charge in [-0.3, -0.25) is 0 Å². The molecule has 2 aromatic heterocycles. The van der Waals surface area contributed by atoms with Gasteiger partial charge in [-0.2, -0.15) is 4.98 Å². The van der Waals surface area contributed by atoms with Crippen LogP contribution in [-0.2, 0) is 0 Å². The van der Waals surface area contributed by atoms with E-state index in [0.29, 0.717) is 6.04 Å². The Balaban J connectivity index is 1.09. The van der Waals surface area contributed by atoms with Gasteiger partial charge in [-0.1, -0.05) is 23.9 Å². The van der Waals surface area contributed by atoms with Crippen LogP contribution in [-0.4, -0.2) is 46.4 Å². The van der Waals surface area contributed by atoms with Gasteiger partial charge in [-0.15, -0.1) is 11.3 Å². The van der Waals surface area contributed by atoms with E-state index >= 15 is 0 Å². The molecular weight excluding hydrogens is 410 g/mol. The van der Waals surface area contributed by atoms with E-state index in [4.69, 9.17) is 15.0 Å². The number of aryl methyl sites for hydroxylation is 1. The lowest BCUT2D eigenvalue weighted by molar-refractivity contribution is 0.683. The molecule has 1 saturated carbocycles. The van der Waals surface area contributed by atoms with Crippen LogP contribution in [0.4, 0.5) is 11.8 Å². The maximum atomic E-state index is 4.97. The molecule has 0 amide bonds. The number of hydrogen-bond donors (Lipinski definition) is 0. The van der Waals surface area contributed by atoms with Crippen LogP contribution in [0.15, 0.2) is 34.7 Å². The minimum absolute atomic E-state index is 0.551. The lowest BCUT2D eigenvalue weighted by atomic mass is 10.2. The quantitative estimate of drug-likeness (QED) is 0.531. The molecule has 4 heterocycles. The number of aromatic nitrogens is 3. The Morgan fingerprint density at radius 2 is 1.97 bits per heavy atom. The summed E-state index contributed by atoms with van der Waals surface area (Å²) in [5, 5.41) is 0. The third kappa shape index (κ3) is 3.36. The summed E-state index contributed by atoms with van der Waals surface area (Å²) in [6.45, 7) is 7.75. The SMILES string of the molecule is Cc1cc(N2C[C@@H]3C(CSc4nc5ccccc5s4)[C@@H]3C2)nc(N2CCC[C@@H]2C)n1. The highest BCUT2D eigenvalue weighted by atomic mass is 32.2. The van der Waals surface area contributed by atoms with E-state index in [0.717, 1.165) is 60.4 Å². The van der Waals surface area contributed by atoms with Crippen molar-refractivity contribution in [2.24, 2.45) is 17.8 Å². The molecule has 0 radical (unpaired) electrons. The van der Waals surface area contributed by atoms with Crippen molar-refractivity contribution in [3.8, 4) is 0 Å². The second-order valence-electron chi connectivity index (χ2n) is 9.01.